The largest absolute Gasteiger partial charge is 0.497 e. The van der Waals surface area contributed by atoms with Crippen molar-refractivity contribution in [2.45, 2.75) is 47.0 Å². The molecule has 7 heteroatoms. The first kappa shape index (κ1) is 22.6. The number of anilines is 2. The van der Waals surface area contributed by atoms with Gasteiger partial charge in [-0.3, -0.25) is 0 Å². The normalized spacial score (nSPS) is 15.8. The highest BCUT2D eigenvalue weighted by atomic mass is 32.1. The summed E-state index contributed by atoms with van der Waals surface area (Å²) in [6.45, 7) is 9.04. The van der Waals surface area contributed by atoms with Crippen LogP contribution in [-0.2, 0) is 17.6 Å². The highest BCUT2D eigenvalue weighted by Crippen LogP contribution is 2.44. The van der Waals surface area contributed by atoms with Gasteiger partial charge in [-0.25, -0.2) is 4.79 Å². The number of fused-ring (bicyclic) bond motifs is 1. The number of ether oxygens (including phenoxy) is 2. The molecule has 1 atom stereocenters. The summed E-state index contributed by atoms with van der Waals surface area (Å²) in [7, 11) is 1.63. The summed E-state index contributed by atoms with van der Waals surface area (Å²) >= 11 is 7.14. The molecule has 2 aromatic rings. The molecule has 1 heterocycles. The Morgan fingerprint density at radius 2 is 1.93 bits per heavy atom. The van der Waals surface area contributed by atoms with Crippen molar-refractivity contribution in [3.63, 3.8) is 0 Å². The molecule has 1 aromatic heterocycles. The van der Waals surface area contributed by atoms with Crippen LogP contribution < -0.4 is 15.4 Å². The highest BCUT2D eigenvalue weighted by molar-refractivity contribution is 7.80. The monoisotopic (exact) mass is 446 g/mol. The Kier molecular flexibility index (Phi) is 7.03. The van der Waals surface area contributed by atoms with Gasteiger partial charge in [0.05, 0.1) is 19.3 Å². The number of hydrogen-bond acceptors (Lipinski definition) is 5. The predicted molar refractivity (Wildman–Crippen MR) is 128 cm³/mol. The lowest BCUT2D eigenvalue weighted by Crippen LogP contribution is -2.26. The SMILES string of the molecule is CCOC(=O)c1c(NC(=S)Nc2ccc(OC)cc2)sc2c1CC[C@@H](C(C)(C)C)C2. The Morgan fingerprint density at radius 1 is 1.23 bits per heavy atom. The lowest BCUT2D eigenvalue weighted by Gasteiger charge is -2.33. The van der Waals surface area contributed by atoms with E-state index >= 15 is 0 Å². The summed E-state index contributed by atoms with van der Waals surface area (Å²) in [6, 6.07) is 7.52. The summed E-state index contributed by atoms with van der Waals surface area (Å²) in [5, 5.41) is 7.62. The van der Waals surface area contributed by atoms with Gasteiger partial charge in [0.1, 0.15) is 10.8 Å². The van der Waals surface area contributed by atoms with E-state index in [4.69, 9.17) is 21.7 Å². The van der Waals surface area contributed by atoms with Crippen LogP contribution in [0.15, 0.2) is 24.3 Å². The molecule has 0 saturated heterocycles. The van der Waals surface area contributed by atoms with E-state index in [1.165, 1.54) is 4.88 Å². The summed E-state index contributed by atoms with van der Waals surface area (Å²) in [5.41, 5.74) is 2.85. The molecule has 1 aliphatic rings. The molecule has 0 bridgehead atoms. The van der Waals surface area contributed by atoms with Gasteiger partial charge in [-0.15, -0.1) is 11.3 Å². The first-order valence-electron chi connectivity index (χ1n) is 10.3. The molecule has 0 aliphatic heterocycles. The summed E-state index contributed by atoms with van der Waals surface area (Å²) < 4.78 is 10.6. The highest BCUT2D eigenvalue weighted by Gasteiger charge is 2.34. The smallest absolute Gasteiger partial charge is 0.341 e. The third kappa shape index (κ3) is 5.13. The molecule has 0 unspecified atom stereocenters. The van der Waals surface area contributed by atoms with E-state index in [0.29, 0.717) is 23.2 Å². The fraction of sp³-hybridized carbons (Fsp3) is 0.478. The lowest BCUT2D eigenvalue weighted by molar-refractivity contribution is 0.0526. The van der Waals surface area contributed by atoms with E-state index in [1.54, 1.807) is 18.4 Å². The van der Waals surface area contributed by atoms with Gasteiger partial charge < -0.3 is 20.1 Å². The summed E-state index contributed by atoms with van der Waals surface area (Å²) in [4.78, 5) is 14.0. The molecule has 2 N–H and O–H groups in total. The van der Waals surface area contributed by atoms with Crippen molar-refractivity contribution in [2.24, 2.45) is 11.3 Å². The van der Waals surface area contributed by atoms with Crippen LogP contribution in [0.5, 0.6) is 5.75 Å². The molecule has 0 radical (unpaired) electrons. The van der Waals surface area contributed by atoms with Crippen molar-refractivity contribution in [2.75, 3.05) is 24.4 Å². The molecular weight excluding hydrogens is 416 g/mol. The van der Waals surface area contributed by atoms with Crippen molar-refractivity contribution in [3.8, 4) is 5.75 Å². The Morgan fingerprint density at radius 3 is 2.53 bits per heavy atom. The minimum absolute atomic E-state index is 0.241. The second-order valence-electron chi connectivity index (χ2n) is 8.54. The maximum atomic E-state index is 12.8. The second-order valence-corrected chi connectivity index (χ2v) is 10.1. The number of thiophene rings is 1. The minimum Gasteiger partial charge on any atom is -0.497 e. The standard InChI is InChI=1S/C23H30N2O3S2/c1-6-28-21(26)19-17-12-7-14(23(2,3)4)13-18(17)30-20(19)25-22(29)24-15-8-10-16(27-5)11-9-15/h8-11,14H,6-7,12-13H2,1-5H3,(H2,24,25,29)/t14-/m1/s1. The van der Waals surface area contributed by atoms with Gasteiger partial charge in [0.15, 0.2) is 5.11 Å². The number of hydrogen-bond donors (Lipinski definition) is 2. The Labute approximate surface area is 188 Å². The summed E-state index contributed by atoms with van der Waals surface area (Å²) in [5.74, 6) is 1.10. The number of benzene rings is 1. The zero-order chi connectivity index (χ0) is 21.9. The Bertz CT molecular complexity index is 914. The van der Waals surface area contributed by atoms with E-state index in [1.807, 2.05) is 31.2 Å². The van der Waals surface area contributed by atoms with Crippen LogP contribution in [-0.4, -0.2) is 24.8 Å². The van der Waals surface area contributed by atoms with Crippen LogP contribution in [0.3, 0.4) is 0 Å². The van der Waals surface area contributed by atoms with Gasteiger partial charge >= 0.3 is 5.97 Å². The van der Waals surface area contributed by atoms with E-state index < -0.39 is 0 Å². The number of rotatable bonds is 5. The average Bonchev–Trinajstić information content (AvgIpc) is 3.04. The Balaban J connectivity index is 1.83. The van der Waals surface area contributed by atoms with E-state index in [9.17, 15) is 4.79 Å². The van der Waals surface area contributed by atoms with Gasteiger partial charge in [0.2, 0.25) is 0 Å². The molecule has 30 heavy (non-hydrogen) atoms. The van der Waals surface area contributed by atoms with Crippen molar-refractivity contribution in [1.29, 1.82) is 0 Å². The van der Waals surface area contributed by atoms with Crippen molar-refractivity contribution < 1.29 is 14.3 Å². The molecule has 1 aromatic carbocycles. The van der Waals surface area contributed by atoms with E-state index in [2.05, 4.69) is 31.4 Å². The van der Waals surface area contributed by atoms with Gasteiger partial charge in [0, 0.05) is 10.6 Å². The molecule has 0 saturated carbocycles. The van der Waals surface area contributed by atoms with Gasteiger partial charge in [-0.05, 0) is 79.6 Å². The van der Waals surface area contributed by atoms with Gasteiger partial charge in [0.25, 0.3) is 0 Å². The van der Waals surface area contributed by atoms with Crippen LogP contribution in [0.4, 0.5) is 10.7 Å². The molecular formula is C23H30N2O3S2. The third-order valence-corrected chi connectivity index (χ3v) is 6.92. The van der Waals surface area contributed by atoms with Crippen molar-refractivity contribution in [3.05, 3.63) is 40.3 Å². The van der Waals surface area contributed by atoms with E-state index in [-0.39, 0.29) is 11.4 Å². The van der Waals surface area contributed by atoms with Crippen LogP contribution in [0.25, 0.3) is 0 Å². The second kappa shape index (κ2) is 9.35. The number of carbonyl (C=O) groups excluding carboxylic acids is 1. The van der Waals surface area contributed by atoms with E-state index in [0.717, 1.165) is 41.3 Å². The van der Waals surface area contributed by atoms with Crippen LogP contribution >= 0.6 is 23.6 Å². The molecule has 0 spiro atoms. The number of nitrogens with one attached hydrogen (secondary N) is 2. The van der Waals surface area contributed by atoms with Crippen LogP contribution in [0, 0.1) is 11.3 Å². The first-order chi connectivity index (χ1) is 14.2. The molecule has 3 rings (SSSR count). The number of thiocarbonyl (C=S) groups is 1. The fourth-order valence-corrected chi connectivity index (χ4v) is 5.38. The zero-order valence-corrected chi connectivity index (χ0v) is 19.9. The molecule has 0 fully saturated rings. The lowest BCUT2D eigenvalue weighted by atomic mass is 9.72. The number of methoxy groups -OCH3 is 1. The van der Waals surface area contributed by atoms with Gasteiger partial charge in [-0.1, -0.05) is 20.8 Å². The average molecular weight is 447 g/mol. The molecule has 5 nitrogen and oxygen atoms in total. The Hall–Kier alpha value is -2.12. The zero-order valence-electron chi connectivity index (χ0n) is 18.3. The van der Waals surface area contributed by atoms with Crippen molar-refractivity contribution in [1.82, 2.24) is 0 Å². The van der Waals surface area contributed by atoms with Crippen molar-refractivity contribution >= 4 is 45.3 Å². The van der Waals surface area contributed by atoms with Crippen LogP contribution in [0.2, 0.25) is 0 Å². The van der Waals surface area contributed by atoms with Crippen LogP contribution in [0.1, 0.15) is 54.9 Å². The topological polar surface area (TPSA) is 59.6 Å². The first-order valence-corrected chi connectivity index (χ1v) is 11.5. The van der Waals surface area contributed by atoms with Gasteiger partial charge in [-0.2, -0.15) is 0 Å². The predicted octanol–water partition coefficient (Wildman–Crippen LogP) is 5.89. The number of esters is 1. The third-order valence-electron chi connectivity index (χ3n) is 5.54. The number of carbonyl (C=O) groups is 1. The fourth-order valence-electron chi connectivity index (χ4n) is 3.77. The quantitative estimate of drug-likeness (QED) is 0.441. The summed E-state index contributed by atoms with van der Waals surface area (Å²) in [6.07, 6.45) is 2.95. The molecule has 162 valence electrons. The maximum absolute atomic E-state index is 12.8. The molecule has 0 amide bonds. The molecule has 1 aliphatic carbocycles. The minimum atomic E-state index is -0.279. The maximum Gasteiger partial charge on any atom is 0.341 e.